The fourth-order valence-corrected chi connectivity index (χ4v) is 5.41. The summed E-state index contributed by atoms with van der Waals surface area (Å²) in [6.07, 6.45) is 1.71. The molecule has 7 nitrogen and oxygen atoms in total. The number of aromatic amines is 1. The first-order valence-electron chi connectivity index (χ1n) is 9.14. The number of H-pyrrole nitrogens is 1. The van der Waals surface area contributed by atoms with Gasteiger partial charge in [0.25, 0.3) is 5.91 Å². The van der Waals surface area contributed by atoms with Gasteiger partial charge in [-0.25, -0.2) is 8.42 Å². The van der Waals surface area contributed by atoms with Crippen LogP contribution in [0, 0.1) is 6.92 Å². The lowest BCUT2D eigenvalue weighted by molar-refractivity contribution is 0.101. The highest BCUT2D eigenvalue weighted by molar-refractivity contribution is 7.91. The molecule has 148 valence electrons. The van der Waals surface area contributed by atoms with Gasteiger partial charge in [0.05, 0.1) is 21.5 Å². The van der Waals surface area contributed by atoms with Crippen LogP contribution in [0.2, 0.25) is 0 Å². The van der Waals surface area contributed by atoms with E-state index < -0.39 is 15.7 Å². The van der Waals surface area contributed by atoms with E-state index in [2.05, 4.69) is 15.5 Å². The predicted molar refractivity (Wildman–Crippen MR) is 111 cm³/mol. The normalized spacial score (nSPS) is 14.2. The number of rotatable bonds is 2. The number of nitrogens with zero attached hydrogens (tertiary/aromatic N) is 1. The van der Waals surface area contributed by atoms with Crippen molar-refractivity contribution in [1.82, 2.24) is 10.2 Å². The van der Waals surface area contributed by atoms with Gasteiger partial charge in [-0.3, -0.25) is 14.7 Å². The Hall–Kier alpha value is -3.78. The molecule has 0 aliphatic carbocycles. The van der Waals surface area contributed by atoms with Crippen molar-refractivity contribution in [2.75, 3.05) is 5.32 Å². The Morgan fingerprint density at radius 3 is 2.60 bits per heavy atom. The Morgan fingerprint density at radius 1 is 1.00 bits per heavy atom. The van der Waals surface area contributed by atoms with Crippen molar-refractivity contribution >= 4 is 38.1 Å². The molecule has 0 spiro atoms. The third-order valence-electron chi connectivity index (χ3n) is 5.22. The van der Waals surface area contributed by atoms with Crippen LogP contribution in [0.4, 0.5) is 5.69 Å². The first-order chi connectivity index (χ1) is 14.4. The summed E-state index contributed by atoms with van der Waals surface area (Å²) in [7, 11) is -3.91. The van der Waals surface area contributed by atoms with E-state index in [0.29, 0.717) is 5.69 Å². The number of fused-ring (bicyclic) bond motifs is 3. The van der Waals surface area contributed by atoms with Gasteiger partial charge in [-0.15, -0.1) is 0 Å². The minimum Gasteiger partial charge on any atom is -0.322 e. The number of benzene rings is 3. The zero-order valence-corrected chi connectivity index (χ0v) is 16.6. The monoisotopic (exact) mass is 417 g/mol. The van der Waals surface area contributed by atoms with Crippen LogP contribution in [0.1, 0.15) is 31.8 Å². The SMILES string of the molecule is Cc1cc(NC(=O)c2ccc3c(c2)S(=O)(=O)c2ccccc2C3=O)cc2[nH]ncc12. The number of hydrogen-bond donors (Lipinski definition) is 2. The minimum atomic E-state index is -3.91. The molecule has 1 aromatic heterocycles. The van der Waals surface area contributed by atoms with Crippen LogP contribution in [0.25, 0.3) is 10.9 Å². The largest absolute Gasteiger partial charge is 0.322 e. The smallest absolute Gasteiger partial charge is 0.255 e. The van der Waals surface area contributed by atoms with Crippen molar-refractivity contribution in [3.8, 4) is 0 Å². The molecule has 1 amide bonds. The summed E-state index contributed by atoms with van der Waals surface area (Å²) >= 11 is 0. The van der Waals surface area contributed by atoms with Crippen LogP contribution in [-0.4, -0.2) is 30.3 Å². The highest BCUT2D eigenvalue weighted by Crippen LogP contribution is 2.35. The zero-order valence-electron chi connectivity index (χ0n) is 15.8. The summed E-state index contributed by atoms with van der Waals surface area (Å²) in [5.74, 6) is -0.847. The molecule has 0 saturated heterocycles. The van der Waals surface area contributed by atoms with E-state index >= 15 is 0 Å². The first-order valence-corrected chi connectivity index (χ1v) is 10.6. The molecule has 0 fully saturated rings. The minimum absolute atomic E-state index is 0.0413. The maximum Gasteiger partial charge on any atom is 0.255 e. The van der Waals surface area contributed by atoms with Gasteiger partial charge < -0.3 is 5.32 Å². The highest BCUT2D eigenvalue weighted by Gasteiger charge is 2.35. The lowest BCUT2D eigenvalue weighted by Gasteiger charge is -2.19. The zero-order chi connectivity index (χ0) is 21.0. The maximum absolute atomic E-state index is 13.0. The van der Waals surface area contributed by atoms with Gasteiger partial charge in [-0.2, -0.15) is 5.10 Å². The van der Waals surface area contributed by atoms with Crippen molar-refractivity contribution in [3.05, 3.63) is 83.0 Å². The van der Waals surface area contributed by atoms with E-state index in [9.17, 15) is 18.0 Å². The Labute approximate surface area is 171 Å². The van der Waals surface area contributed by atoms with Crippen LogP contribution in [0.5, 0.6) is 0 Å². The lowest BCUT2D eigenvalue weighted by Crippen LogP contribution is -2.21. The fourth-order valence-electron chi connectivity index (χ4n) is 3.73. The second kappa shape index (κ2) is 6.36. The van der Waals surface area contributed by atoms with Gasteiger partial charge in [-0.1, -0.05) is 12.1 Å². The second-order valence-corrected chi connectivity index (χ2v) is 9.00. The molecule has 0 bridgehead atoms. The first kappa shape index (κ1) is 18.3. The lowest BCUT2D eigenvalue weighted by atomic mass is 10.0. The van der Waals surface area contributed by atoms with Crippen molar-refractivity contribution in [1.29, 1.82) is 0 Å². The van der Waals surface area contributed by atoms with E-state index in [1.165, 1.54) is 30.3 Å². The molecule has 1 aliphatic rings. The molecule has 8 heteroatoms. The average molecular weight is 417 g/mol. The number of anilines is 1. The highest BCUT2D eigenvalue weighted by atomic mass is 32.2. The number of aromatic nitrogens is 2. The fraction of sp³-hybridized carbons (Fsp3) is 0.0455. The van der Waals surface area contributed by atoms with E-state index in [0.717, 1.165) is 16.5 Å². The summed E-state index contributed by atoms with van der Waals surface area (Å²) in [4.78, 5) is 25.3. The van der Waals surface area contributed by atoms with Crippen molar-refractivity contribution < 1.29 is 18.0 Å². The summed E-state index contributed by atoms with van der Waals surface area (Å²) in [5, 5.41) is 10.6. The maximum atomic E-state index is 13.0. The molecular formula is C22H15N3O4S. The molecule has 1 aliphatic heterocycles. The number of sulfone groups is 1. The number of carbonyl (C=O) groups is 2. The standard InChI is InChI=1S/C22H15N3O4S/c1-12-8-14(10-18-17(12)11-23-25-18)24-22(27)13-6-7-16-20(9-13)30(28,29)19-5-3-2-4-15(19)21(16)26/h2-11H,1H3,(H,23,25)(H,24,27). The Kier molecular flexibility index (Phi) is 3.87. The molecule has 3 aromatic carbocycles. The molecule has 30 heavy (non-hydrogen) atoms. The molecule has 0 saturated carbocycles. The summed E-state index contributed by atoms with van der Waals surface area (Å²) in [6.45, 7) is 1.90. The van der Waals surface area contributed by atoms with Crippen molar-refractivity contribution in [2.45, 2.75) is 16.7 Å². The van der Waals surface area contributed by atoms with Crippen LogP contribution in [0.15, 0.2) is 70.6 Å². The quantitative estimate of drug-likeness (QED) is 0.457. The molecule has 0 radical (unpaired) electrons. The van der Waals surface area contributed by atoms with E-state index in [1.54, 1.807) is 24.4 Å². The number of amides is 1. The molecule has 0 atom stereocenters. The average Bonchev–Trinajstić information content (AvgIpc) is 3.21. The second-order valence-electron chi connectivity index (χ2n) is 7.12. The van der Waals surface area contributed by atoms with Gasteiger partial charge in [0.1, 0.15) is 0 Å². The third-order valence-corrected chi connectivity index (χ3v) is 7.07. The Bertz CT molecular complexity index is 1490. The van der Waals surface area contributed by atoms with Crippen molar-refractivity contribution in [3.63, 3.8) is 0 Å². The van der Waals surface area contributed by atoms with Crippen molar-refractivity contribution in [2.24, 2.45) is 0 Å². The molecule has 4 aromatic rings. The molecule has 2 heterocycles. The predicted octanol–water partition coefficient (Wildman–Crippen LogP) is 3.50. The number of carbonyl (C=O) groups excluding carboxylic acids is 2. The van der Waals surface area contributed by atoms with E-state index in [-0.39, 0.29) is 32.3 Å². The number of nitrogens with one attached hydrogen (secondary N) is 2. The van der Waals surface area contributed by atoms with E-state index in [4.69, 9.17) is 0 Å². The summed E-state index contributed by atoms with van der Waals surface area (Å²) in [5.41, 5.74) is 2.63. The van der Waals surface area contributed by atoms with Crippen LogP contribution in [0.3, 0.4) is 0 Å². The summed E-state index contributed by atoms with van der Waals surface area (Å²) < 4.78 is 26.1. The molecule has 5 rings (SSSR count). The Balaban J connectivity index is 1.54. The molecular weight excluding hydrogens is 402 g/mol. The van der Waals surface area contributed by atoms with Gasteiger partial charge in [0, 0.05) is 27.8 Å². The van der Waals surface area contributed by atoms with Crippen LogP contribution < -0.4 is 5.32 Å². The van der Waals surface area contributed by atoms with Gasteiger partial charge in [-0.05, 0) is 55.0 Å². The van der Waals surface area contributed by atoms with Crippen LogP contribution >= 0.6 is 0 Å². The van der Waals surface area contributed by atoms with Gasteiger partial charge in [0.15, 0.2) is 5.78 Å². The van der Waals surface area contributed by atoms with E-state index in [1.807, 2.05) is 13.0 Å². The van der Waals surface area contributed by atoms with Crippen LogP contribution in [-0.2, 0) is 9.84 Å². The topological polar surface area (TPSA) is 109 Å². The number of hydrogen-bond acceptors (Lipinski definition) is 5. The number of aryl methyl sites for hydroxylation is 1. The third kappa shape index (κ3) is 2.65. The molecule has 2 N–H and O–H groups in total. The number of ketones is 1. The Morgan fingerprint density at radius 2 is 1.77 bits per heavy atom. The molecule has 0 unspecified atom stereocenters. The van der Waals surface area contributed by atoms with Gasteiger partial charge in [0.2, 0.25) is 9.84 Å². The van der Waals surface area contributed by atoms with Gasteiger partial charge >= 0.3 is 0 Å². The summed E-state index contributed by atoms with van der Waals surface area (Å²) in [6, 6.07) is 13.8.